The molecule has 100 valence electrons. The van der Waals surface area contributed by atoms with Gasteiger partial charge in [-0.25, -0.2) is 8.78 Å². The number of halogens is 2. The third-order valence-corrected chi connectivity index (χ3v) is 2.82. The van der Waals surface area contributed by atoms with E-state index < -0.39 is 23.9 Å². The average Bonchev–Trinajstić information content (AvgIpc) is 2.28. The highest BCUT2D eigenvalue weighted by atomic mass is 19.3. The summed E-state index contributed by atoms with van der Waals surface area (Å²) < 4.78 is 27.7. The van der Waals surface area contributed by atoms with Crippen LogP contribution >= 0.6 is 0 Å². The number of aliphatic carboxylic acids is 1. The summed E-state index contributed by atoms with van der Waals surface area (Å²) in [5.74, 6) is -4.83. The van der Waals surface area contributed by atoms with E-state index in [1.807, 2.05) is 0 Å². The van der Waals surface area contributed by atoms with Gasteiger partial charge in [0.1, 0.15) is 0 Å². The molecule has 1 aromatic rings. The molecule has 0 bridgehead atoms. The van der Waals surface area contributed by atoms with E-state index >= 15 is 0 Å². The van der Waals surface area contributed by atoms with Gasteiger partial charge in [0, 0.05) is 17.5 Å². The third kappa shape index (κ3) is 3.26. The van der Waals surface area contributed by atoms with Gasteiger partial charge in [-0.1, -0.05) is 32.0 Å². The monoisotopic (exact) mass is 257 g/mol. The summed E-state index contributed by atoms with van der Waals surface area (Å²) in [4.78, 5) is 10.5. The van der Waals surface area contributed by atoms with Gasteiger partial charge in [0.15, 0.2) is 0 Å². The smallest absolute Gasteiger partial charge is 0.305 e. The molecule has 1 aromatic carbocycles. The Bertz CT molecular complexity index is 433. The van der Waals surface area contributed by atoms with Gasteiger partial charge in [0.05, 0.1) is 6.42 Å². The predicted octanol–water partition coefficient (Wildman–Crippen LogP) is 2.91. The van der Waals surface area contributed by atoms with Crippen LogP contribution in [0, 0.1) is 5.92 Å². The van der Waals surface area contributed by atoms with Crippen molar-refractivity contribution in [2.24, 2.45) is 11.7 Å². The van der Waals surface area contributed by atoms with Crippen molar-refractivity contribution in [3.8, 4) is 0 Å². The highest BCUT2D eigenvalue weighted by molar-refractivity contribution is 5.67. The molecule has 1 rings (SSSR count). The molecule has 0 aromatic heterocycles. The molecule has 0 aliphatic carbocycles. The molecule has 0 amide bonds. The molecular weight excluding hydrogens is 240 g/mol. The van der Waals surface area contributed by atoms with Crippen molar-refractivity contribution < 1.29 is 18.7 Å². The molecule has 1 atom stereocenters. The van der Waals surface area contributed by atoms with Gasteiger partial charge in [-0.2, -0.15) is 0 Å². The number of carboxylic acids is 1. The van der Waals surface area contributed by atoms with E-state index in [0.29, 0.717) is 5.56 Å². The fraction of sp³-hybridized carbons (Fsp3) is 0.462. The van der Waals surface area contributed by atoms with Gasteiger partial charge >= 0.3 is 5.97 Å². The number of hydrogen-bond donors (Lipinski definition) is 2. The first-order chi connectivity index (χ1) is 8.25. The fourth-order valence-electron chi connectivity index (χ4n) is 1.62. The highest BCUT2D eigenvalue weighted by Gasteiger charge is 2.35. The lowest BCUT2D eigenvalue weighted by Crippen LogP contribution is -2.22. The van der Waals surface area contributed by atoms with Crippen LogP contribution in [0.5, 0.6) is 0 Å². The lowest BCUT2D eigenvalue weighted by molar-refractivity contribution is -0.137. The summed E-state index contributed by atoms with van der Waals surface area (Å²) in [5.41, 5.74) is 5.94. The maximum absolute atomic E-state index is 13.8. The number of nitrogens with two attached hydrogens (primary N) is 1. The van der Waals surface area contributed by atoms with E-state index in [9.17, 15) is 13.6 Å². The van der Waals surface area contributed by atoms with Crippen molar-refractivity contribution in [2.45, 2.75) is 32.2 Å². The van der Waals surface area contributed by atoms with Crippen molar-refractivity contribution in [3.63, 3.8) is 0 Å². The Morgan fingerprint density at radius 2 is 2.06 bits per heavy atom. The van der Waals surface area contributed by atoms with Crippen molar-refractivity contribution in [3.05, 3.63) is 35.4 Å². The van der Waals surface area contributed by atoms with Crippen molar-refractivity contribution in [1.82, 2.24) is 0 Å². The Kier molecular flexibility index (Phi) is 4.40. The SMILES string of the molecule is CC(C)C(F)(F)c1cccc(C(N)CC(=O)O)c1. The van der Waals surface area contributed by atoms with Crippen LogP contribution in [0.1, 0.15) is 37.4 Å². The lowest BCUT2D eigenvalue weighted by atomic mass is 9.94. The number of rotatable bonds is 5. The molecule has 5 heteroatoms. The molecule has 0 radical (unpaired) electrons. The Morgan fingerprint density at radius 3 is 2.56 bits per heavy atom. The molecule has 0 spiro atoms. The van der Waals surface area contributed by atoms with Gasteiger partial charge in [0.2, 0.25) is 0 Å². The van der Waals surface area contributed by atoms with Crippen LogP contribution in [0.2, 0.25) is 0 Å². The number of carboxylic acid groups (broad SMARTS) is 1. The van der Waals surface area contributed by atoms with Crippen LogP contribution in [0.15, 0.2) is 24.3 Å². The molecule has 0 saturated carbocycles. The van der Waals surface area contributed by atoms with Gasteiger partial charge in [-0.05, 0) is 11.6 Å². The Morgan fingerprint density at radius 1 is 1.44 bits per heavy atom. The Labute approximate surface area is 105 Å². The highest BCUT2D eigenvalue weighted by Crippen LogP contribution is 2.36. The first-order valence-corrected chi connectivity index (χ1v) is 5.70. The van der Waals surface area contributed by atoms with E-state index in [-0.39, 0.29) is 12.0 Å². The largest absolute Gasteiger partial charge is 0.481 e. The van der Waals surface area contributed by atoms with Crippen LogP contribution in [0.25, 0.3) is 0 Å². The Hall–Kier alpha value is -1.49. The summed E-state index contributed by atoms with van der Waals surface area (Å²) in [6.07, 6.45) is -0.281. The van der Waals surface area contributed by atoms with Crippen molar-refractivity contribution >= 4 is 5.97 Å². The number of benzene rings is 1. The summed E-state index contributed by atoms with van der Waals surface area (Å²) in [5, 5.41) is 8.63. The molecule has 1 unspecified atom stereocenters. The van der Waals surface area contributed by atoms with Gasteiger partial charge in [-0.3, -0.25) is 4.79 Å². The number of alkyl halides is 2. The van der Waals surface area contributed by atoms with E-state index in [0.717, 1.165) is 0 Å². The summed E-state index contributed by atoms with van der Waals surface area (Å²) in [6, 6.07) is 4.88. The molecule has 18 heavy (non-hydrogen) atoms. The second kappa shape index (κ2) is 5.44. The van der Waals surface area contributed by atoms with Crippen LogP contribution in [-0.2, 0) is 10.7 Å². The maximum atomic E-state index is 13.8. The van der Waals surface area contributed by atoms with Gasteiger partial charge < -0.3 is 10.8 Å². The summed E-state index contributed by atoms with van der Waals surface area (Å²) in [7, 11) is 0. The van der Waals surface area contributed by atoms with Crippen LogP contribution in [-0.4, -0.2) is 11.1 Å². The average molecular weight is 257 g/mol. The van der Waals surface area contributed by atoms with Gasteiger partial charge in [0.25, 0.3) is 5.92 Å². The van der Waals surface area contributed by atoms with Crippen molar-refractivity contribution in [2.75, 3.05) is 0 Å². The lowest BCUT2D eigenvalue weighted by Gasteiger charge is -2.22. The first kappa shape index (κ1) is 14.6. The molecule has 0 aliphatic rings. The predicted molar refractivity (Wildman–Crippen MR) is 64.4 cm³/mol. The number of hydrogen-bond acceptors (Lipinski definition) is 2. The van der Waals surface area contributed by atoms with E-state index in [1.54, 1.807) is 6.07 Å². The fourth-order valence-corrected chi connectivity index (χ4v) is 1.62. The maximum Gasteiger partial charge on any atom is 0.305 e. The first-order valence-electron chi connectivity index (χ1n) is 5.70. The third-order valence-electron chi connectivity index (χ3n) is 2.82. The van der Waals surface area contributed by atoms with Crippen molar-refractivity contribution in [1.29, 1.82) is 0 Å². The summed E-state index contributed by atoms with van der Waals surface area (Å²) >= 11 is 0. The van der Waals surface area contributed by atoms with Crippen LogP contribution in [0.3, 0.4) is 0 Å². The van der Waals surface area contributed by atoms with Crippen LogP contribution in [0.4, 0.5) is 8.78 Å². The van der Waals surface area contributed by atoms with Crippen LogP contribution < -0.4 is 5.73 Å². The quantitative estimate of drug-likeness (QED) is 0.852. The zero-order valence-corrected chi connectivity index (χ0v) is 10.4. The molecule has 3 N–H and O–H groups in total. The molecule has 0 aliphatic heterocycles. The second-order valence-corrected chi connectivity index (χ2v) is 4.61. The molecule has 0 fully saturated rings. The molecule has 0 heterocycles. The minimum atomic E-state index is -2.95. The van der Waals surface area contributed by atoms with E-state index in [2.05, 4.69) is 0 Å². The van der Waals surface area contributed by atoms with Gasteiger partial charge in [-0.15, -0.1) is 0 Å². The minimum Gasteiger partial charge on any atom is -0.481 e. The topological polar surface area (TPSA) is 63.3 Å². The normalized spacial score (nSPS) is 13.7. The Balaban J connectivity index is 3.02. The van der Waals surface area contributed by atoms with E-state index in [1.165, 1.54) is 32.0 Å². The summed E-state index contributed by atoms with van der Waals surface area (Å²) in [6.45, 7) is 2.87. The molecule has 0 saturated heterocycles. The second-order valence-electron chi connectivity index (χ2n) is 4.61. The molecule has 3 nitrogen and oxygen atoms in total. The zero-order chi connectivity index (χ0) is 13.9. The zero-order valence-electron chi connectivity index (χ0n) is 10.4. The van der Waals surface area contributed by atoms with E-state index in [4.69, 9.17) is 10.8 Å². The number of carbonyl (C=O) groups is 1. The molecular formula is C13H17F2NO2. The minimum absolute atomic E-state index is 0.129. The standard InChI is InChI=1S/C13H17F2NO2/c1-8(2)13(14,15)10-5-3-4-9(6-10)11(16)7-12(17)18/h3-6,8,11H,7,16H2,1-2H3,(H,17,18).